The minimum absolute atomic E-state index is 0.0139. The lowest BCUT2D eigenvalue weighted by Crippen LogP contribution is -1.92. The Labute approximate surface area is 183 Å². The molecular weight excluding hydrogens is 386 g/mol. The fraction of sp³-hybridized carbons (Fsp3) is 0.172. The van der Waals surface area contributed by atoms with Crippen molar-refractivity contribution in [3.63, 3.8) is 0 Å². The van der Waals surface area contributed by atoms with Crippen LogP contribution in [-0.2, 0) is 6.42 Å². The molecule has 0 N–H and O–H groups in total. The van der Waals surface area contributed by atoms with Gasteiger partial charge in [-0.2, -0.15) is 0 Å². The van der Waals surface area contributed by atoms with E-state index in [1.54, 1.807) is 24.3 Å². The van der Waals surface area contributed by atoms with E-state index in [2.05, 4.69) is 31.2 Å². The quantitative estimate of drug-likeness (QED) is 0.266. The van der Waals surface area contributed by atoms with Crippen molar-refractivity contribution in [1.29, 1.82) is 0 Å². The number of hydrogen-bond donors (Lipinski definition) is 0. The van der Waals surface area contributed by atoms with Crippen molar-refractivity contribution in [3.05, 3.63) is 108 Å². The summed E-state index contributed by atoms with van der Waals surface area (Å²) < 4.78 is 29.5. The normalized spacial score (nSPS) is 10.9. The van der Waals surface area contributed by atoms with E-state index < -0.39 is 11.6 Å². The molecule has 0 saturated carbocycles. The van der Waals surface area contributed by atoms with Crippen molar-refractivity contribution in [3.8, 4) is 33.4 Å². The Morgan fingerprint density at radius 2 is 1.06 bits per heavy atom. The van der Waals surface area contributed by atoms with Gasteiger partial charge in [0, 0.05) is 0 Å². The molecule has 2 heteroatoms. The van der Waals surface area contributed by atoms with Crippen molar-refractivity contribution in [2.75, 3.05) is 0 Å². The molecule has 0 heterocycles. The third kappa shape index (κ3) is 4.91. The highest BCUT2D eigenvalue weighted by atomic mass is 19.1. The topological polar surface area (TPSA) is 0 Å². The molecule has 31 heavy (non-hydrogen) atoms. The Morgan fingerprint density at radius 1 is 0.548 bits per heavy atom. The zero-order valence-electron chi connectivity index (χ0n) is 17.7. The third-order valence-electron chi connectivity index (χ3n) is 5.68. The van der Waals surface area contributed by atoms with Crippen LogP contribution in [-0.4, -0.2) is 0 Å². The van der Waals surface area contributed by atoms with E-state index in [-0.39, 0.29) is 5.56 Å². The minimum atomic E-state index is -0.552. The zero-order chi connectivity index (χ0) is 21.6. The van der Waals surface area contributed by atoms with E-state index in [1.807, 2.05) is 30.3 Å². The summed E-state index contributed by atoms with van der Waals surface area (Å²) in [5, 5.41) is 0. The molecular formula is C29H26F2. The van der Waals surface area contributed by atoms with Crippen LogP contribution in [0.25, 0.3) is 33.4 Å². The van der Waals surface area contributed by atoms with Crippen molar-refractivity contribution in [2.45, 2.75) is 32.6 Å². The van der Waals surface area contributed by atoms with Gasteiger partial charge >= 0.3 is 0 Å². The van der Waals surface area contributed by atoms with Gasteiger partial charge in [0.1, 0.15) is 11.6 Å². The second kappa shape index (κ2) is 9.70. The first-order chi connectivity index (χ1) is 15.2. The lowest BCUT2D eigenvalue weighted by atomic mass is 9.96. The standard InChI is InChI=1S/C29H26F2/c1-2-3-5-8-21-11-13-22(14-12-21)23-15-17-24(18-16-23)26-19-27(30)29(28(31)20-26)25-9-6-4-7-10-25/h4,6-7,9-20H,2-3,5,8H2,1H3. The maximum absolute atomic E-state index is 14.7. The third-order valence-corrected chi connectivity index (χ3v) is 5.68. The Kier molecular flexibility index (Phi) is 6.57. The van der Waals surface area contributed by atoms with Crippen LogP contribution in [0.1, 0.15) is 31.7 Å². The average molecular weight is 413 g/mol. The smallest absolute Gasteiger partial charge is 0.134 e. The molecule has 0 saturated heterocycles. The van der Waals surface area contributed by atoms with Crippen LogP contribution in [0.5, 0.6) is 0 Å². The molecule has 0 amide bonds. The van der Waals surface area contributed by atoms with Gasteiger partial charge < -0.3 is 0 Å². The molecule has 0 aliphatic rings. The van der Waals surface area contributed by atoms with E-state index >= 15 is 0 Å². The summed E-state index contributed by atoms with van der Waals surface area (Å²) in [5.74, 6) is -1.10. The molecule has 4 aromatic carbocycles. The number of benzene rings is 4. The SMILES string of the molecule is CCCCCc1ccc(-c2ccc(-c3cc(F)c(-c4ccccc4)c(F)c3)cc2)cc1. The van der Waals surface area contributed by atoms with Gasteiger partial charge in [-0.3, -0.25) is 0 Å². The Bertz CT molecular complexity index is 1100. The summed E-state index contributed by atoms with van der Waals surface area (Å²) in [5.41, 5.74) is 5.47. The number of rotatable bonds is 7. The van der Waals surface area contributed by atoms with Crippen molar-refractivity contribution >= 4 is 0 Å². The first kappa shape index (κ1) is 21.0. The monoisotopic (exact) mass is 412 g/mol. The lowest BCUT2D eigenvalue weighted by molar-refractivity contribution is 0.590. The molecule has 0 fully saturated rings. The lowest BCUT2D eigenvalue weighted by Gasteiger charge is -2.10. The highest BCUT2D eigenvalue weighted by Gasteiger charge is 2.14. The van der Waals surface area contributed by atoms with E-state index in [4.69, 9.17) is 0 Å². The second-order valence-corrected chi connectivity index (χ2v) is 7.91. The maximum Gasteiger partial charge on any atom is 0.134 e. The summed E-state index contributed by atoms with van der Waals surface area (Å²) in [4.78, 5) is 0. The number of hydrogen-bond acceptors (Lipinski definition) is 0. The first-order valence-corrected chi connectivity index (χ1v) is 10.9. The molecule has 4 aromatic rings. The largest absolute Gasteiger partial charge is 0.206 e. The number of unbranched alkanes of at least 4 members (excludes halogenated alkanes) is 2. The van der Waals surface area contributed by atoms with Gasteiger partial charge in [-0.25, -0.2) is 8.78 Å². The van der Waals surface area contributed by atoms with Gasteiger partial charge in [-0.05, 0) is 58.4 Å². The molecule has 0 radical (unpaired) electrons. The molecule has 0 unspecified atom stereocenters. The van der Waals surface area contributed by atoms with Crippen LogP contribution in [0.4, 0.5) is 8.78 Å². The van der Waals surface area contributed by atoms with Gasteiger partial charge in [0.15, 0.2) is 0 Å². The van der Waals surface area contributed by atoms with Crippen molar-refractivity contribution < 1.29 is 8.78 Å². The van der Waals surface area contributed by atoms with Crippen LogP contribution in [0.2, 0.25) is 0 Å². The van der Waals surface area contributed by atoms with E-state index in [9.17, 15) is 8.78 Å². The van der Waals surface area contributed by atoms with Gasteiger partial charge in [0.05, 0.1) is 5.56 Å². The van der Waals surface area contributed by atoms with Crippen molar-refractivity contribution in [2.24, 2.45) is 0 Å². The van der Waals surface area contributed by atoms with E-state index in [0.717, 1.165) is 23.1 Å². The predicted molar refractivity (Wildman–Crippen MR) is 126 cm³/mol. The summed E-state index contributed by atoms with van der Waals surface area (Å²) in [7, 11) is 0. The molecule has 4 rings (SSSR count). The van der Waals surface area contributed by atoms with Crippen molar-refractivity contribution in [1.82, 2.24) is 0 Å². The predicted octanol–water partition coefficient (Wildman–Crippen LogP) is 8.70. The van der Waals surface area contributed by atoms with Gasteiger partial charge in [-0.1, -0.05) is 98.6 Å². The summed E-state index contributed by atoms with van der Waals surface area (Å²) >= 11 is 0. The molecule has 0 spiro atoms. The summed E-state index contributed by atoms with van der Waals surface area (Å²) in [6.07, 6.45) is 4.83. The molecule has 0 aliphatic carbocycles. The fourth-order valence-corrected chi connectivity index (χ4v) is 3.92. The molecule has 0 aliphatic heterocycles. The van der Waals surface area contributed by atoms with Crippen LogP contribution in [0.15, 0.2) is 91.0 Å². The van der Waals surface area contributed by atoms with Crippen LogP contribution in [0, 0.1) is 11.6 Å². The molecule has 0 nitrogen and oxygen atoms in total. The Balaban J connectivity index is 1.54. The fourth-order valence-electron chi connectivity index (χ4n) is 3.92. The van der Waals surface area contributed by atoms with Crippen LogP contribution in [0.3, 0.4) is 0 Å². The van der Waals surface area contributed by atoms with Gasteiger partial charge in [0.25, 0.3) is 0 Å². The molecule has 156 valence electrons. The van der Waals surface area contributed by atoms with Crippen LogP contribution < -0.4 is 0 Å². The Hall–Kier alpha value is -3.26. The van der Waals surface area contributed by atoms with Gasteiger partial charge in [0.2, 0.25) is 0 Å². The molecule has 0 aromatic heterocycles. The van der Waals surface area contributed by atoms with Crippen LogP contribution >= 0.6 is 0 Å². The van der Waals surface area contributed by atoms with E-state index in [1.165, 1.54) is 37.0 Å². The first-order valence-electron chi connectivity index (χ1n) is 10.9. The summed E-state index contributed by atoms with van der Waals surface area (Å²) in [6.45, 7) is 2.22. The highest BCUT2D eigenvalue weighted by Crippen LogP contribution is 2.32. The van der Waals surface area contributed by atoms with E-state index in [0.29, 0.717) is 11.1 Å². The number of aryl methyl sites for hydroxylation is 1. The average Bonchev–Trinajstić information content (AvgIpc) is 2.80. The Morgan fingerprint density at radius 3 is 1.61 bits per heavy atom. The highest BCUT2D eigenvalue weighted by molar-refractivity contribution is 5.74. The molecule has 0 bridgehead atoms. The zero-order valence-corrected chi connectivity index (χ0v) is 17.7. The second-order valence-electron chi connectivity index (χ2n) is 7.91. The molecule has 0 atom stereocenters. The number of halogens is 2. The van der Waals surface area contributed by atoms with Gasteiger partial charge in [-0.15, -0.1) is 0 Å². The minimum Gasteiger partial charge on any atom is -0.206 e. The summed E-state index contributed by atoms with van der Waals surface area (Å²) in [6, 6.07) is 28.1. The maximum atomic E-state index is 14.7.